The predicted molar refractivity (Wildman–Crippen MR) is 104 cm³/mol. The van der Waals surface area contributed by atoms with Crippen LogP contribution in [0.5, 0.6) is 0 Å². The van der Waals surface area contributed by atoms with E-state index >= 15 is 0 Å². The van der Waals surface area contributed by atoms with Gasteiger partial charge in [0.2, 0.25) is 10.0 Å². The standard InChI is InChI=1S/C19H17F3N4O3S/c20-19(21,22)18(27)24-14-6-8-17(9-7-14)30(28,29)23-12-10-15-11-13-26(25-15)16-4-2-1-3-5-16/h1-9,11,13,23H,10,12H2,(H,24,27). The van der Waals surface area contributed by atoms with Crippen LogP contribution in [0.1, 0.15) is 5.69 Å². The molecule has 30 heavy (non-hydrogen) atoms. The second-order valence-corrected chi connectivity index (χ2v) is 7.98. The molecule has 7 nitrogen and oxygen atoms in total. The summed E-state index contributed by atoms with van der Waals surface area (Å²) in [5, 5.41) is 6.03. The highest BCUT2D eigenvalue weighted by molar-refractivity contribution is 7.89. The van der Waals surface area contributed by atoms with Crippen molar-refractivity contribution in [3.8, 4) is 5.69 Å². The van der Waals surface area contributed by atoms with Crippen LogP contribution in [-0.4, -0.2) is 36.8 Å². The molecule has 0 unspecified atom stereocenters. The van der Waals surface area contributed by atoms with Gasteiger partial charge in [0.25, 0.3) is 0 Å². The van der Waals surface area contributed by atoms with Crippen LogP contribution < -0.4 is 10.0 Å². The average Bonchev–Trinajstić information content (AvgIpc) is 3.17. The first-order chi connectivity index (χ1) is 14.1. The minimum Gasteiger partial charge on any atom is -0.318 e. The van der Waals surface area contributed by atoms with Gasteiger partial charge in [-0.1, -0.05) is 18.2 Å². The average molecular weight is 438 g/mol. The molecule has 1 aromatic heterocycles. The fraction of sp³-hybridized carbons (Fsp3) is 0.158. The quantitative estimate of drug-likeness (QED) is 0.593. The summed E-state index contributed by atoms with van der Waals surface area (Å²) < 4.78 is 65.5. The summed E-state index contributed by atoms with van der Waals surface area (Å²) in [6, 6.07) is 15.6. The molecule has 2 N–H and O–H groups in total. The Labute approximate surface area is 170 Å². The topological polar surface area (TPSA) is 93.1 Å². The lowest BCUT2D eigenvalue weighted by atomic mass is 10.3. The molecule has 158 valence electrons. The Morgan fingerprint density at radius 1 is 1.00 bits per heavy atom. The van der Waals surface area contributed by atoms with E-state index in [0.29, 0.717) is 12.1 Å². The Morgan fingerprint density at radius 2 is 1.67 bits per heavy atom. The Morgan fingerprint density at radius 3 is 2.30 bits per heavy atom. The van der Waals surface area contributed by atoms with Gasteiger partial charge in [-0.25, -0.2) is 17.8 Å². The van der Waals surface area contributed by atoms with E-state index in [1.165, 1.54) is 0 Å². The van der Waals surface area contributed by atoms with Crippen molar-refractivity contribution in [2.45, 2.75) is 17.5 Å². The van der Waals surface area contributed by atoms with Crippen LogP contribution in [0.25, 0.3) is 5.69 Å². The summed E-state index contributed by atoms with van der Waals surface area (Å²) in [6.45, 7) is 0.0840. The van der Waals surface area contributed by atoms with Crippen molar-refractivity contribution in [2.75, 3.05) is 11.9 Å². The molecule has 0 saturated carbocycles. The Bertz CT molecular complexity index is 1110. The van der Waals surface area contributed by atoms with Crippen molar-refractivity contribution in [3.05, 3.63) is 72.6 Å². The number of amides is 1. The van der Waals surface area contributed by atoms with E-state index in [2.05, 4.69) is 9.82 Å². The van der Waals surface area contributed by atoms with Gasteiger partial charge in [0, 0.05) is 24.8 Å². The molecule has 3 rings (SSSR count). The van der Waals surface area contributed by atoms with Crippen LogP contribution in [0.15, 0.2) is 71.8 Å². The van der Waals surface area contributed by atoms with E-state index in [1.54, 1.807) is 22.3 Å². The molecule has 1 amide bonds. The summed E-state index contributed by atoms with van der Waals surface area (Å²) >= 11 is 0. The number of carbonyl (C=O) groups is 1. The van der Waals surface area contributed by atoms with Crippen LogP contribution in [0.4, 0.5) is 18.9 Å². The molecule has 0 aliphatic rings. The number of benzene rings is 2. The number of hydrogen-bond acceptors (Lipinski definition) is 4. The number of sulfonamides is 1. The number of carbonyl (C=O) groups excluding carboxylic acids is 1. The Hall–Kier alpha value is -3.18. The minimum absolute atomic E-state index is 0.0840. The molecular formula is C19H17F3N4O3S. The van der Waals surface area contributed by atoms with Crippen LogP contribution in [0.3, 0.4) is 0 Å². The molecular weight excluding hydrogens is 421 g/mol. The van der Waals surface area contributed by atoms with Gasteiger partial charge in [-0.3, -0.25) is 4.79 Å². The normalized spacial score (nSPS) is 12.0. The molecule has 0 aliphatic carbocycles. The highest BCUT2D eigenvalue weighted by Crippen LogP contribution is 2.19. The zero-order chi connectivity index (χ0) is 21.8. The Kier molecular flexibility index (Phi) is 6.22. The zero-order valence-corrected chi connectivity index (χ0v) is 16.2. The number of nitrogens with zero attached hydrogens (tertiary/aromatic N) is 2. The van der Waals surface area contributed by atoms with E-state index in [1.807, 2.05) is 30.3 Å². The van der Waals surface area contributed by atoms with Gasteiger partial charge in [-0.05, 0) is 42.5 Å². The highest BCUT2D eigenvalue weighted by Gasteiger charge is 2.38. The van der Waals surface area contributed by atoms with Crippen molar-refractivity contribution in [2.24, 2.45) is 0 Å². The van der Waals surface area contributed by atoms with E-state index in [9.17, 15) is 26.4 Å². The number of halogens is 3. The fourth-order valence-electron chi connectivity index (χ4n) is 2.54. The van der Waals surface area contributed by atoms with Crippen LogP contribution in [0, 0.1) is 0 Å². The minimum atomic E-state index is -5.03. The summed E-state index contributed by atoms with van der Waals surface area (Å²) in [5.41, 5.74) is 1.40. The third kappa shape index (κ3) is 5.45. The van der Waals surface area contributed by atoms with Gasteiger partial charge >= 0.3 is 12.1 Å². The van der Waals surface area contributed by atoms with Crippen molar-refractivity contribution in [1.29, 1.82) is 0 Å². The monoisotopic (exact) mass is 438 g/mol. The zero-order valence-electron chi connectivity index (χ0n) is 15.4. The number of para-hydroxylation sites is 1. The largest absolute Gasteiger partial charge is 0.471 e. The fourth-order valence-corrected chi connectivity index (χ4v) is 3.57. The van der Waals surface area contributed by atoms with E-state index in [0.717, 1.165) is 30.0 Å². The van der Waals surface area contributed by atoms with Gasteiger partial charge in [-0.2, -0.15) is 18.3 Å². The van der Waals surface area contributed by atoms with Gasteiger partial charge in [-0.15, -0.1) is 0 Å². The van der Waals surface area contributed by atoms with Crippen LogP contribution >= 0.6 is 0 Å². The molecule has 11 heteroatoms. The number of hydrogen-bond donors (Lipinski definition) is 2. The van der Waals surface area contributed by atoms with Crippen molar-refractivity contribution in [3.63, 3.8) is 0 Å². The Balaban J connectivity index is 1.57. The predicted octanol–water partition coefficient (Wildman–Crippen LogP) is 2.89. The molecule has 2 aromatic carbocycles. The number of alkyl halides is 3. The summed E-state index contributed by atoms with van der Waals surface area (Å²) in [6.07, 6.45) is -2.91. The smallest absolute Gasteiger partial charge is 0.318 e. The maximum absolute atomic E-state index is 12.3. The molecule has 0 saturated heterocycles. The van der Waals surface area contributed by atoms with Gasteiger partial charge in [0.05, 0.1) is 16.3 Å². The lowest BCUT2D eigenvalue weighted by Gasteiger charge is -2.09. The number of aromatic nitrogens is 2. The molecule has 3 aromatic rings. The first kappa shape index (κ1) is 21.5. The van der Waals surface area contributed by atoms with E-state index in [-0.39, 0.29) is 17.1 Å². The second kappa shape index (κ2) is 8.67. The third-order valence-electron chi connectivity index (χ3n) is 4.02. The summed E-state index contributed by atoms with van der Waals surface area (Å²) in [5.74, 6) is -2.13. The lowest BCUT2D eigenvalue weighted by Crippen LogP contribution is -2.30. The molecule has 0 fully saturated rings. The molecule has 0 atom stereocenters. The first-order valence-corrected chi connectivity index (χ1v) is 10.2. The maximum atomic E-state index is 12.3. The molecule has 0 bridgehead atoms. The van der Waals surface area contributed by atoms with Gasteiger partial charge in [0.15, 0.2) is 0 Å². The van der Waals surface area contributed by atoms with E-state index in [4.69, 9.17) is 0 Å². The number of anilines is 1. The number of rotatable bonds is 7. The van der Waals surface area contributed by atoms with Crippen molar-refractivity contribution >= 4 is 21.6 Å². The summed E-state index contributed by atoms with van der Waals surface area (Å²) in [4.78, 5) is 10.8. The second-order valence-electron chi connectivity index (χ2n) is 6.21. The molecule has 0 aliphatic heterocycles. The number of nitrogens with one attached hydrogen (secondary N) is 2. The third-order valence-corrected chi connectivity index (χ3v) is 5.50. The van der Waals surface area contributed by atoms with Gasteiger partial charge in [0.1, 0.15) is 0 Å². The van der Waals surface area contributed by atoms with E-state index < -0.39 is 22.1 Å². The first-order valence-electron chi connectivity index (χ1n) is 8.73. The maximum Gasteiger partial charge on any atom is 0.471 e. The summed E-state index contributed by atoms with van der Waals surface area (Å²) in [7, 11) is -3.87. The lowest BCUT2D eigenvalue weighted by molar-refractivity contribution is -0.167. The SMILES string of the molecule is O=C(Nc1ccc(S(=O)(=O)NCCc2ccn(-c3ccccc3)n2)cc1)C(F)(F)F. The van der Waals surface area contributed by atoms with Crippen molar-refractivity contribution < 1.29 is 26.4 Å². The molecule has 1 heterocycles. The van der Waals surface area contributed by atoms with Crippen LogP contribution in [0.2, 0.25) is 0 Å². The van der Waals surface area contributed by atoms with Gasteiger partial charge < -0.3 is 5.32 Å². The molecule has 0 spiro atoms. The van der Waals surface area contributed by atoms with Crippen molar-refractivity contribution in [1.82, 2.24) is 14.5 Å². The van der Waals surface area contributed by atoms with Crippen LogP contribution in [-0.2, 0) is 21.2 Å². The molecule has 0 radical (unpaired) electrons. The highest BCUT2D eigenvalue weighted by atomic mass is 32.2.